The van der Waals surface area contributed by atoms with Crippen LogP contribution in [0, 0.1) is 5.41 Å². The molecule has 0 atom stereocenters. The molecule has 33 heavy (non-hydrogen) atoms. The van der Waals surface area contributed by atoms with Crippen molar-refractivity contribution in [1.82, 2.24) is 4.57 Å². The number of fused-ring (bicyclic) bond motifs is 3. The molecule has 1 heterocycles. The predicted octanol–water partition coefficient (Wildman–Crippen LogP) is 5.31. The van der Waals surface area contributed by atoms with Crippen molar-refractivity contribution >= 4 is 39.2 Å². The second kappa shape index (κ2) is 8.63. The molecular weight excluding hydrogens is 408 g/mol. The molecule has 1 amide bonds. The lowest BCUT2D eigenvalue weighted by molar-refractivity contribution is -0.119. The summed E-state index contributed by atoms with van der Waals surface area (Å²) in [6.07, 6.45) is 0. The number of rotatable bonds is 6. The lowest BCUT2D eigenvalue weighted by Gasteiger charge is -2.24. The molecule has 0 aliphatic heterocycles. The van der Waals surface area contributed by atoms with Crippen LogP contribution in [0.4, 0.5) is 5.69 Å². The van der Waals surface area contributed by atoms with Gasteiger partial charge in [0.15, 0.2) is 0 Å². The smallest absolute Gasteiger partial charge is 0.247 e. The lowest BCUT2D eigenvalue weighted by atomic mass is 10.1. The average Bonchev–Trinajstić information content (AvgIpc) is 3.16. The maximum absolute atomic E-state index is 13.7. The van der Waals surface area contributed by atoms with Gasteiger partial charge in [0, 0.05) is 33.1 Å². The number of nitrogens with two attached hydrogens (primary N) is 1. The van der Waals surface area contributed by atoms with Crippen molar-refractivity contribution in [3.8, 4) is 0 Å². The molecule has 5 heteroatoms. The van der Waals surface area contributed by atoms with Gasteiger partial charge in [0.1, 0.15) is 12.4 Å². The summed E-state index contributed by atoms with van der Waals surface area (Å²) >= 11 is 0. The molecule has 3 N–H and O–H groups in total. The van der Waals surface area contributed by atoms with Crippen LogP contribution in [0.2, 0.25) is 0 Å². The largest absolute Gasteiger partial charge is 0.384 e. The number of hydrogen-bond acceptors (Lipinski definition) is 2. The summed E-state index contributed by atoms with van der Waals surface area (Å²) in [5, 5.41) is 9.83. The number of carbonyl (C=O) groups is 1. The van der Waals surface area contributed by atoms with E-state index >= 15 is 0 Å². The van der Waals surface area contributed by atoms with E-state index in [0.717, 1.165) is 33.1 Å². The summed E-state index contributed by atoms with van der Waals surface area (Å²) in [4.78, 5) is 15.6. The zero-order valence-electron chi connectivity index (χ0n) is 18.1. The van der Waals surface area contributed by atoms with Crippen LogP contribution < -0.4 is 10.6 Å². The van der Waals surface area contributed by atoms with Gasteiger partial charge in [0.05, 0.1) is 6.54 Å². The molecule has 4 aromatic carbocycles. The lowest BCUT2D eigenvalue weighted by Crippen LogP contribution is -2.33. The first-order valence-electron chi connectivity index (χ1n) is 10.9. The molecule has 162 valence electrons. The summed E-state index contributed by atoms with van der Waals surface area (Å²) in [5.41, 5.74) is 10.3. The highest BCUT2D eigenvalue weighted by molar-refractivity contribution is 6.11. The molecule has 0 unspecified atom stereocenters. The van der Waals surface area contributed by atoms with E-state index in [9.17, 15) is 4.79 Å². The molecular formula is C28H24N4O. The third-order valence-electron chi connectivity index (χ3n) is 5.93. The summed E-state index contributed by atoms with van der Waals surface area (Å²) in [6.45, 7) is 0.695. The minimum Gasteiger partial charge on any atom is -0.384 e. The molecule has 5 rings (SSSR count). The highest BCUT2D eigenvalue weighted by Gasteiger charge is 2.20. The maximum Gasteiger partial charge on any atom is 0.247 e. The van der Waals surface area contributed by atoms with Crippen LogP contribution >= 0.6 is 0 Å². The van der Waals surface area contributed by atoms with E-state index in [1.165, 1.54) is 0 Å². The van der Waals surface area contributed by atoms with Crippen LogP contribution in [0.5, 0.6) is 0 Å². The van der Waals surface area contributed by atoms with Gasteiger partial charge in [-0.3, -0.25) is 10.2 Å². The average molecular weight is 433 g/mol. The molecule has 0 aliphatic carbocycles. The predicted molar refractivity (Wildman–Crippen MR) is 135 cm³/mol. The fourth-order valence-corrected chi connectivity index (χ4v) is 4.31. The van der Waals surface area contributed by atoms with Crippen molar-refractivity contribution in [1.29, 1.82) is 5.41 Å². The number of amidine groups is 1. The van der Waals surface area contributed by atoms with E-state index in [1.54, 1.807) is 0 Å². The molecule has 0 bridgehead atoms. The fourth-order valence-electron chi connectivity index (χ4n) is 4.31. The number of carbonyl (C=O) groups excluding carboxylic acids is 1. The molecule has 5 aromatic rings. The zero-order chi connectivity index (χ0) is 22.8. The summed E-state index contributed by atoms with van der Waals surface area (Å²) in [7, 11) is 0. The van der Waals surface area contributed by atoms with Gasteiger partial charge in [-0.05, 0) is 42.0 Å². The van der Waals surface area contributed by atoms with E-state index < -0.39 is 0 Å². The Hall–Kier alpha value is -4.38. The number of anilines is 1. The Morgan fingerprint density at radius 2 is 1.42 bits per heavy atom. The number of nitrogens with one attached hydrogen (secondary N) is 1. The number of benzene rings is 4. The third-order valence-corrected chi connectivity index (χ3v) is 5.93. The van der Waals surface area contributed by atoms with Gasteiger partial charge >= 0.3 is 0 Å². The Labute approximate surface area is 192 Å². The standard InChI is InChI=1S/C28H24N4O/c29-28(30)21-15-16-26-24(17-21)23-13-7-8-14-25(23)32(26)19-27(33)31(22-11-5-2-6-12-22)18-20-9-3-1-4-10-20/h1-17H,18-19H2,(H3,29,30). The Bertz CT molecular complexity index is 1460. The van der Waals surface area contributed by atoms with Crippen LogP contribution in [0.3, 0.4) is 0 Å². The summed E-state index contributed by atoms with van der Waals surface area (Å²) < 4.78 is 2.05. The van der Waals surface area contributed by atoms with E-state index in [-0.39, 0.29) is 18.3 Å². The van der Waals surface area contributed by atoms with Gasteiger partial charge in [0.2, 0.25) is 5.91 Å². The zero-order valence-corrected chi connectivity index (χ0v) is 18.1. The number of hydrogen-bond donors (Lipinski definition) is 2. The molecule has 0 aliphatic rings. The van der Waals surface area contributed by atoms with E-state index in [4.69, 9.17) is 11.1 Å². The van der Waals surface area contributed by atoms with Gasteiger partial charge in [-0.25, -0.2) is 0 Å². The first-order valence-corrected chi connectivity index (χ1v) is 10.9. The number of aromatic nitrogens is 1. The topological polar surface area (TPSA) is 75.1 Å². The van der Waals surface area contributed by atoms with Crippen molar-refractivity contribution in [2.24, 2.45) is 5.73 Å². The Morgan fingerprint density at radius 1 is 0.788 bits per heavy atom. The number of para-hydroxylation sites is 2. The van der Waals surface area contributed by atoms with E-state index in [2.05, 4.69) is 4.57 Å². The second-order valence-corrected chi connectivity index (χ2v) is 8.05. The minimum absolute atomic E-state index is 0.00310. The van der Waals surface area contributed by atoms with Gasteiger partial charge in [-0.1, -0.05) is 66.7 Å². The van der Waals surface area contributed by atoms with Crippen molar-refractivity contribution in [2.75, 3.05) is 4.90 Å². The fraction of sp³-hybridized carbons (Fsp3) is 0.0714. The quantitative estimate of drug-likeness (QED) is 0.282. The van der Waals surface area contributed by atoms with Crippen LogP contribution in [0.25, 0.3) is 21.8 Å². The van der Waals surface area contributed by atoms with Crippen LogP contribution in [0.1, 0.15) is 11.1 Å². The van der Waals surface area contributed by atoms with Crippen LogP contribution in [0.15, 0.2) is 103 Å². The molecule has 0 radical (unpaired) electrons. The highest BCUT2D eigenvalue weighted by Crippen LogP contribution is 2.30. The van der Waals surface area contributed by atoms with E-state index in [1.807, 2.05) is 108 Å². The molecule has 0 spiro atoms. The van der Waals surface area contributed by atoms with Gasteiger partial charge in [0.25, 0.3) is 0 Å². The second-order valence-electron chi connectivity index (χ2n) is 8.05. The normalized spacial score (nSPS) is 11.0. The van der Waals surface area contributed by atoms with Gasteiger partial charge < -0.3 is 15.2 Å². The summed E-state index contributed by atoms with van der Waals surface area (Å²) in [6, 6.07) is 33.6. The Balaban J connectivity index is 1.58. The maximum atomic E-state index is 13.7. The van der Waals surface area contributed by atoms with Crippen LogP contribution in [-0.2, 0) is 17.9 Å². The summed E-state index contributed by atoms with van der Waals surface area (Å²) in [5.74, 6) is 0.0336. The first-order chi connectivity index (χ1) is 16.1. The number of nitrogens with zero attached hydrogens (tertiary/aromatic N) is 2. The molecule has 0 saturated heterocycles. The van der Waals surface area contributed by atoms with Crippen molar-refractivity contribution in [2.45, 2.75) is 13.1 Å². The number of nitrogen functional groups attached to an aromatic ring is 1. The van der Waals surface area contributed by atoms with Crippen molar-refractivity contribution < 1.29 is 4.79 Å². The molecule has 0 fully saturated rings. The van der Waals surface area contributed by atoms with E-state index in [0.29, 0.717) is 12.1 Å². The Morgan fingerprint density at radius 3 is 2.15 bits per heavy atom. The van der Waals surface area contributed by atoms with Gasteiger partial charge in [-0.15, -0.1) is 0 Å². The molecule has 5 nitrogen and oxygen atoms in total. The SMILES string of the molecule is N=C(N)c1ccc2c(c1)c1ccccc1n2CC(=O)N(Cc1ccccc1)c1ccccc1. The number of amides is 1. The minimum atomic E-state index is 0.00310. The third kappa shape index (κ3) is 3.96. The van der Waals surface area contributed by atoms with Crippen molar-refractivity contribution in [3.05, 3.63) is 114 Å². The first kappa shape index (κ1) is 20.5. The molecule has 0 saturated carbocycles. The van der Waals surface area contributed by atoms with Gasteiger partial charge in [-0.2, -0.15) is 0 Å². The van der Waals surface area contributed by atoms with Crippen molar-refractivity contribution in [3.63, 3.8) is 0 Å². The van der Waals surface area contributed by atoms with Crippen LogP contribution in [-0.4, -0.2) is 16.3 Å². The highest BCUT2D eigenvalue weighted by atomic mass is 16.2. The Kier molecular flexibility index (Phi) is 5.37. The monoisotopic (exact) mass is 432 g/mol. The molecule has 1 aromatic heterocycles.